The number of fused-ring (bicyclic) bond motifs is 1. The number of nitriles is 1. The van der Waals surface area contributed by atoms with Crippen LogP contribution in [0, 0.1) is 11.3 Å². The Morgan fingerprint density at radius 3 is 2.41 bits per heavy atom. The third-order valence-electron chi connectivity index (χ3n) is 5.23. The molecule has 0 aliphatic carbocycles. The molecule has 2 aromatic heterocycles. The second-order valence-electron chi connectivity index (χ2n) is 7.44. The van der Waals surface area contributed by atoms with Crippen molar-refractivity contribution < 1.29 is 12.8 Å². The minimum atomic E-state index is -4.07. The second kappa shape index (κ2) is 8.67. The first-order chi connectivity index (χ1) is 16.5. The van der Waals surface area contributed by atoms with Crippen LogP contribution >= 0.6 is 11.6 Å². The van der Waals surface area contributed by atoms with Gasteiger partial charge in [0.25, 0.3) is 0 Å². The molecular formula is C26H16ClN3O3S. The maximum Gasteiger partial charge on any atom is 0.216 e. The van der Waals surface area contributed by atoms with E-state index in [9.17, 15) is 13.7 Å². The van der Waals surface area contributed by atoms with E-state index in [4.69, 9.17) is 16.0 Å². The Morgan fingerprint density at radius 1 is 1.00 bits per heavy atom. The zero-order valence-corrected chi connectivity index (χ0v) is 19.2. The minimum absolute atomic E-state index is 0.0227. The van der Waals surface area contributed by atoms with Gasteiger partial charge in [0, 0.05) is 22.2 Å². The van der Waals surface area contributed by atoms with Gasteiger partial charge in [0.05, 0.1) is 10.6 Å². The van der Waals surface area contributed by atoms with Crippen molar-refractivity contribution in [3.05, 3.63) is 107 Å². The predicted molar refractivity (Wildman–Crippen MR) is 131 cm³/mol. The molecule has 34 heavy (non-hydrogen) atoms. The van der Waals surface area contributed by atoms with E-state index in [-0.39, 0.29) is 4.90 Å². The Hall–Kier alpha value is -4.12. The predicted octanol–water partition coefficient (Wildman–Crippen LogP) is 6.28. The van der Waals surface area contributed by atoms with E-state index in [2.05, 4.69) is 5.10 Å². The lowest BCUT2D eigenvalue weighted by Gasteiger charge is -2.03. The van der Waals surface area contributed by atoms with E-state index in [1.807, 2.05) is 66.7 Å². The molecule has 166 valence electrons. The van der Waals surface area contributed by atoms with Gasteiger partial charge in [-0.15, -0.1) is 0 Å². The van der Waals surface area contributed by atoms with Crippen molar-refractivity contribution in [2.45, 2.75) is 4.90 Å². The molecule has 0 aliphatic heterocycles. The normalized spacial score (nSPS) is 12.1. The van der Waals surface area contributed by atoms with Gasteiger partial charge in [-0.1, -0.05) is 48.0 Å². The second-order valence-corrected chi connectivity index (χ2v) is 9.79. The van der Waals surface area contributed by atoms with Crippen molar-refractivity contribution in [1.82, 2.24) is 9.78 Å². The van der Waals surface area contributed by atoms with Crippen LogP contribution in [0.5, 0.6) is 0 Å². The highest BCUT2D eigenvalue weighted by molar-refractivity contribution is 7.95. The molecule has 2 heterocycles. The number of hydrogen-bond acceptors (Lipinski definition) is 5. The number of sulfone groups is 1. The molecule has 0 amide bonds. The van der Waals surface area contributed by atoms with Crippen molar-refractivity contribution in [2.75, 3.05) is 0 Å². The van der Waals surface area contributed by atoms with Crippen molar-refractivity contribution >= 4 is 38.5 Å². The molecule has 0 saturated carbocycles. The third-order valence-corrected chi connectivity index (χ3v) is 7.17. The fourth-order valence-corrected chi connectivity index (χ4v) is 4.82. The Morgan fingerprint density at radius 2 is 1.71 bits per heavy atom. The van der Waals surface area contributed by atoms with Crippen LogP contribution in [0.4, 0.5) is 0 Å². The number of halogens is 1. The summed E-state index contributed by atoms with van der Waals surface area (Å²) in [5.74, 6) is 0.461. The molecule has 0 atom stereocenters. The standard InChI is InChI=1S/C26H16ClN3O3S/c27-20-10-12-22(13-11-20)34(31,32)23(16-28)14-19-17-30(21-7-2-1-3-8-21)29-26(19)25-15-18-6-4-5-9-24(18)33-25/h1-15,17H. The van der Waals surface area contributed by atoms with E-state index in [0.29, 0.717) is 27.6 Å². The zero-order valence-electron chi connectivity index (χ0n) is 17.6. The smallest absolute Gasteiger partial charge is 0.216 e. The van der Waals surface area contributed by atoms with Gasteiger partial charge in [-0.25, -0.2) is 13.1 Å². The highest BCUT2D eigenvalue weighted by Gasteiger charge is 2.23. The minimum Gasteiger partial charge on any atom is -0.454 e. The lowest BCUT2D eigenvalue weighted by atomic mass is 10.2. The zero-order chi connectivity index (χ0) is 23.7. The Labute approximate surface area is 200 Å². The van der Waals surface area contributed by atoms with Gasteiger partial charge < -0.3 is 4.42 Å². The summed E-state index contributed by atoms with van der Waals surface area (Å²) in [4.78, 5) is -0.440. The average molecular weight is 486 g/mol. The van der Waals surface area contributed by atoms with Crippen molar-refractivity contribution in [1.29, 1.82) is 5.26 Å². The quantitative estimate of drug-likeness (QED) is 0.273. The van der Waals surface area contributed by atoms with Gasteiger partial charge in [-0.2, -0.15) is 10.4 Å². The lowest BCUT2D eigenvalue weighted by molar-refractivity contribution is 0.603. The van der Waals surface area contributed by atoms with E-state index in [1.165, 1.54) is 30.3 Å². The molecule has 0 fully saturated rings. The third kappa shape index (κ3) is 4.01. The number of rotatable bonds is 5. The summed E-state index contributed by atoms with van der Waals surface area (Å²) in [5, 5.41) is 15.7. The molecule has 0 aliphatic rings. The number of allylic oxidation sites excluding steroid dienone is 1. The molecular weight excluding hydrogens is 470 g/mol. The molecule has 5 aromatic rings. The van der Waals surface area contributed by atoms with E-state index in [1.54, 1.807) is 10.9 Å². The highest BCUT2D eigenvalue weighted by atomic mass is 35.5. The van der Waals surface area contributed by atoms with Gasteiger partial charge in [0.2, 0.25) is 9.84 Å². The summed E-state index contributed by atoms with van der Waals surface area (Å²) in [7, 11) is -4.07. The lowest BCUT2D eigenvalue weighted by Crippen LogP contribution is -2.03. The number of para-hydroxylation sites is 2. The summed E-state index contributed by atoms with van der Waals surface area (Å²) in [6.45, 7) is 0. The fourth-order valence-electron chi connectivity index (χ4n) is 3.55. The van der Waals surface area contributed by atoms with E-state index < -0.39 is 14.7 Å². The van der Waals surface area contributed by atoms with Gasteiger partial charge in [0.1, 0.15) is 22.3 Å². The monoisotopic (exact) mass is 485 g/mol. The van der Waals surface area contributed by atoms with E-state index >= 15 is 0 Å². The summed E-state index contributed by atoms with van der Waals surface area (Å²) < 4.78 is 33.9. The Balaban J connectivity index is 1.69. The van der Waals surface area contributed by atoms with E-state index in [0.717, 1.165) is 11.1 Å². The summed E-state index contributed by atoms with van der Waals surface area (Å²) in [5.41, 5.74) is 2.30. The molecule has 0 N–H and O–H groups in total. The maximum atomic E-state index is 13.2. The molecule has 0 unspecified atom stereocenters. The van der Waals surface area contributed by atoms with Gasteiger partial charge in [-0.3, -0.25) is 0 Å². The van der Waals surface area contributed by atoms with Crippen molar-refractivity contribution in [3.63, 3.8) is 0 Å². The molecule has 6 nitrogen and oxygen atoms in total. The van der Waals surface area contributed by atoms with Gasteiger partial charge >= 0.3 is 0 Å². The van der Waals surface area contributed by atoms with Crippen LogP contribution < -0.4 is 0 Å². The van der Waals surface area contributed by atoms with Crippen molar-refractivity contribution in [3.8, 4) is 23.2 Å². The molecule has 8 heteroatoms. The molecule has 0 radical (unpaired) electrons. The summed E-state index contributed by atoms with van der Waals surface area (Å²) in [6, 6.07) is 26.3. The number of benzene rings is 3. The van der Waals surface area contributed by atoms with Crippen LogP contribution in [0.25, 0.3) is 34.2 Å². The molecule has 0 saturated heterocycles. The fraction of sp³-hybridized carbons (Fsp3) is 0. The van der Waals surface area contributed by atoms with Crippen LogP contribution in [-0.2, 0) is 9.84 Å². The largest absolute Gasteiger partial charge is 0.454 e. The van der Waals surface area contributed by atoms with Gasteiger partial charge in [-0.05, 0) is 54.6 Å². The maximum absolute atomic E-state index is 13.2. The number of hydrogen-bond donors (Lipinski definition) is 0. The summed E-state index contributed by atoms with van der Waals surface area (Å²) in [6.07, 6.45) is 2.99. The van der Waals surface area contributed by atoms with Crippen LogP contribution in [0.15, 0.2) is 105 Å². The first kappa shape index (κ1) is 21.7. The topological polar surface area (TPSA) is 88.9 Å². The molecule has 0 spiro atoms. The Bertz CT molecular complexity index is 1640. The SMILES string of the molecule is N#CC(=Cc1cn(-c2ccccc2)nc1-c1cc2ccccc2o1)S(=O)(=O)c1ccc(Cl)cc1. The number of nitrogens with zero attached hydrogens (tertiary/aromatic N) is 3. The molecule has 0 bridgehead atoms. The van der Waals surface area contributed by atoms with Crippen LogP contribution in [0.1, 0.15) is 5.56 Å². The van der Waals surface area contributed by atoms with Crippen LogP contribution in [0.2, 0.25) is 5.02 Å². The van der Waals surface area contributed by atoms with Crippen LogP contribution in [0.3, 0.4) is 0 Å². The first-order valence-electron chi connectivity index (χ1n) is 10.2. The molecule has 5 rings (SSSR count). The number of furan rings is 1. The highest BCUT2D eigenvalue weighted by Crippen LogP contribution is 2.32. The summed E-state index contributed by atoms with van der Waals surface area (Å²) >= 11 is 5.89. The molecule has 3 aromatic carbocycles. The van der Waals surface area contributed by atoms with Gasteiger partial charge in [0.15, 0.2) is 5.76 Å². The Kier molecular flexibility index (Phi) is 5.54. The first-order valence-corrected chi connectivity index (χ1v) is 12.1. The number of aromatic nitrogens is 2. The van der Waals surface area contributed by atoms with Crippen LogP contribution in [-0.4, -0.2) is 18.2 Å². The average Bonchev–Trinajstić information content (AvgIpc) is 3.47. The van der Waals surface area contributed by atoms with Crippen molar-refractivity contribution in [2.24, 2.45) is 0 Å².